The third-order valence-electron chi connectivity index (χ3n) is 4.59. The van der Waals surface area contributed by atoms with Crippen LogP contribution in [0.1, 0.15) is 39.6 Å². The van der Waals surface area contributed by atoms with Crippen molar-refractivity contribution in [3.05, 3.63) is 77.6 Å². The van der Waals surface area contributed by atoms with Crippen molar-refractivity contribution in [3.8, 4) is 5.75 Å². The van der Waals surface area contributed by atoms with Crippen molar-refractivity contribution in [2.45, 2.75) is 19.5 Å². The number of nitrogens with zero attached hydrogens (tertiary/aromatic N) is 2. The highest BCUT2D eigenvalue weighted by Crippen LogP contribution is 2.22. The van der Waals surface area contributed by atoms with Gasteiger partial charge < -0.3 is 19.9 Å². The number of benzene rings is 2. The molecule has 2 aromatic carbocycles. The maximum absolute atomic E-state index is 13.1. The van der Waals surface area contributed by atoms with Crippen LogP contribution in [-0.4, -0.2) is 28.0 Å². The minimum absolute atomic E-state index is 0.142. The SMILES string of the molecule is CCOc1ccc(NC(=O)c2cn3c(n2)C(=O)NC(c2ccc(F)cc2)C3)cc1. The van der Waals surface area contributed by atoms with E-state index in [1.54, 1.807) is 47.2 Å². The summed E-state index contributed by atoms with van der Waals surface area (Å²) in [6, 6.07) is 12.6. The van der Waals surface area contributed by atoms with Crippen LogP contribution in [-0.2, 0) is 6.54 Å². The van der Waals surface area contributed by atoms with Crippen molar-refractivity contribution in [2.24, 2.45) is 0 Å². The quantitative estimate of drug-likeness (QED) is 0.696. The number of amides is 2. The Hall–Kier alpha value is -3.68. The Kier molecular flexibility index (Phi) is 4.99. The maximum atomic E-state index is 13.1. The van der Waals surface area contributed by atoms with E-state index in [2.05, 4.69) is 15.6 Å². The van der Waals surface area contributed by atoms with E-state index in [0.717, 1.165) is 5.56 Å². The molecule has 0 spiro atoms. The van der Waals surface area contributed by atoms with Gasteiger partial charge >= 0.3 is 0 Å². The third-order valence-corrected chi connectivity index (χ3v) is 4.59. The standard InChI is InChI=1S/C21H19FN4O3/c1-2-29-16-9-7-15(8-10-16)23-20(27)18-12-26-11-17(25-21(28)19(26)24-18)13-3-5-14(22)6-4-13/h3-10,12,17H,2,11H2,1H3,(H,23,27)(H,25,28). The fourth-order valence-corrected chi connectivity index (χ4v) is 3.19. The Balaban J connectivity index is 1.50. The van der Waals surface area contributed by atoms with E-state index in [4.69, 9.17) is 4.74 Å². The topological polar surface area (TPSA) is 85.2 Å². The summed E-state index contributed by atoms with van der Waals surface area (Å²) in [5, 5.41) is 5.60. The van der Waals surface area contributed by atoms with E-state index in [0.29, 0.717) is 24.6 Å². The number of carbonyl (C=O) groups excluding carboxylic acids is 2. The van der Waals surface area contributed by atoms with Crippen LogP contribution < -0.4 is 15.4 Å². The molecule has 0 fully saturated rings. The highest BCUT2D eigenvalue weighted by Gasteiger charge is 2.28. The van der Waals surface area contributed by atoms with Crippen LogP contribution in [0.4, 0.5) is 10.1 Å². The highest BCUT2D eigenvalue weighted by atomic mass is 19.1. The molecule has 1 aliphatic heterocycles. The lowest BCUT2D eigenvalue weighted by Crippen LogP contribution is -2.38. The molecule has 2 amide bonds. The maximum Gasteiger partial charge on any atom is 0.287 e. The van der Waals surface area contributed by atoms with Crippen molar-refractivity contribution >= 4 is 17.5 Å². The van der Waals surface area contributed by atoms with Crippen molar-refractivity contribution in [1.82, 2.24) is 14.9 Å². The first-order chi connectivity index (χ1) is 14.0. The molecule has 1 atom stereocenters. The molecule has 0 aliphatic carbocycles. The molecule has 2 heterocycles. The summed E-state index contributed by atoms with van der Waals surface area (Å²) in [4.78, 5) is 29.1. The van der Waals surface area contributed by atoms with Gasteiger partial charge in [-0.2, -0.15) is 0 Å². The van der Waals surface area contributed by atoms with Crippen molar-refractivity contribution in [3.63, 3.8) is 0 Å². The number of rotatable bonds is 5. The van der Waals surface area contributed by atoms with Crippen molar-refractivity contribution in [2.75, 3.05) is 11.9 Å². The van der Waals surface area contributed by atoms with E-state index in [1.165, 1.54) is 12.1 Å². The van der Waals surface area contributed by atoms with Gasteiger partial charge in [0.2, 0.25) is 0 Å². The summed E-state index contributed by atoms with van der Waals surface area (Å²) in [6.07, 6.45) is 1.55. The van der Waals surface area contributed by atoms with E-state index in [1.807, 2.05) is 6.92 Å². The predicted molar refractivity (Wildman–Crippen MR) is 104 cm³/mol. The fraction of sp³-hybridized carbons (Fsp3) is 0.190. The van der Waals surface area contributed by atoms with Crippen LogP contribution in [0.25, 0.3) is 0 Å². The number of ether oxygens (including phenoxy) is 1. The van der Waals surface area contributed by atoms with Gasteiger partial charge in [-0.15, -0.1) is 0 Å². The molecule has 1 aliphatic rings. The molecule has 3 aromatic rings. The van der Waals surface area contributed by atoms with Crippen LogP contribution in [0.3, 0.4) is 0 Å². The molecule has 0 radical (unpaired) electrons. The Labute approximate surface area is 166 Å². The third kappa shape index (κ3) is 3.96. The van der Waals surface area contributed by atoms with Crippen LogP contribution in [0, 0.1) is 5.82 Å². The number of carbonyl (C=O) groups is 2. The van der Waals surface area contributed by atoms with Gasteiger partial charge in [-0.1, -0.05) is 12.1 Å². The van der Waals surface area contributed by atoms with Crippen molar-refractivity contribution < 1.29 is 18.7 Å². The second-order valence-electron chi connectivity index (χ2n) is 6.59. The number of imidazole rings is 1. The summed E-state index contributed by atoms with van der Waals surface area (Å²) in [5.74, 6) is -0.257. The van der Waals surface area contributed by atoms with Gasteiger partial charge in [-0.3, -0.25) is 9.59 Å². The molecule has 0 saturated carbocycles. The molecule has 7 nitrogen and oxygen atoms in total. The number of hydrogen-bond donors (Lipinski definition) is 2. The van der Waals surface area contributed by atoms with Crippen LogP contribution in [0.5, 0.6) is 5.75 Å². The first-order valence-electron chi connectivity index (χ1n) is 9.21. The number of anilines is 1. The molecule has 1 aromatic heterocycles. The number of fused-ring (bicyclic) bond motifs is 1. The Bertz CT molecular complexity index is 1040. The lowest BCUT2D eigenvalue weighted by Gasteiger charge is -2.25. The number of aromatic nitrogens is 2. The minimum Gasteiger partial charge on any atom is -0.494 e. The number of nitrogens with one attached hydrogen (secondary N) is 2. The zero-order valence-corrected chi connectivity index (χ0v) is 15.7. The molecule has 29 heavy (non-hydrogen) atoms. The lowest BCUT2D eigenvalue weighted by atomic mass is 10.1. The smallest absolute Gasteiger partial charge is 0.287 e. The summed E-state index contributed by atoms with van der Waals surface area (Å²) in [6.45, 7) is 2.86. The first kappa shape index (κ1) is 18.7. The average Bonchev–Trinajstić information content (AvgIpc) is 3.15. The van der Waals surface area contributed by atoms with Crippen LogP contribution in [0.15, 0.2) is 54.7 Å². The molecule has 148 valence electrons. The van der Waals surface area contributed by atoms with Crippen LogP contribution in [0.2, 0.25) is 0 Å². The van der Waals surface area contributed by atoms with Gasteiger partial charge in [0, 0.05) is 18.4 Å². The second kappa shape index (κ2) is 7.75. The number of hydrogen-bond acceptors (Lipinski definition) is 4. The fourth-order valence-electron chi connectivity index (χ4n) is 3.19. The average molecular weight is 394 g/mol. The molecule has 1 unspecified atom stereocenters. The van der Waals surface area contributed by atoms with Gasteiger partial charge in [-0.25, -0.2) is 9.37 Å². The molecule has 8 heteroatoms. The van der Waals surface area contributed by atoms with E-state index in [9.17, 15) is 14.0 Å². The Morgan fingerprint density at radius 3 is 2.66 bits per heavy atom. The highest BCUT2D eigenvalue weighted by molar-refractivity contribution is 6.04. The molecular formula is C21H19FN4O3. The molecular weight excluding hydrogens is 375 g/mol. The number of halogens is 1. The molecule has 4 rings (SSSR count). The summed E-state index contributed by atoms with van der Waals surface area (Å²) < 4.78 is 20.2. The zero-order valence-electron chi connectivity index (χ0n) is 15.7. The molecule has 0 saturated heterocycles. The van der Waals surface area contributed by atoms with Gasteiger partial charge in [0.25, 0.3) is 11.8 Å². The normalized spacial score (nSPS) is 15.4. The largest absolute Gasteiger partial charge is 0.494 e. The minimum atomic E-state index is -0.415. The van der Waals surface area contributed by atoms with E-state index in [-0.39, 0.29) is 29.3 Å². The Morgan fingerprint density at radius 1 is 1.24 bits per heavy atom. The molecule has 0 bridgehead atoms. The van der Waals surface area contributed by atoms with Crippen LogP contribution >= 0.6 is 0 Å². The Morgan fingerprint density at radius 2 is 1.97 bits per heavy atom. The molecule has 2 N–H and O–H groups in total. The summed E-state index contributed by atoms with van der Waals surface area (Å²) >= 11 is 0. The van der Waals surface area contributed by atoms with Gasteiger partial charge in [0.05, 0.1) is 12.6 Å². The van der Waals surface area contributed by atoms with E-state index >= 15 is 0 Å². The summed E-state index contributed by atoms with van der Waals surface area (Å²) in [7, 11) is 0. The first-order valence-corrected chi connectivity index (χ1v) is 9.21. The van der Waals surface area contributed by atoms with Gasteiger partial charge in [0.15, 0.2) is 5.82 Å². The predicted octanol–water partition coefficient (Wildman–Crippen LogP) is 3.16. The zero-order chi connectivity index (χ0) is 20.4. The van der Waals surface area contributed by atoms with Gasteiger partial charge in [0.1, 0.15) is 17.3 Å². The second-order valence-corrected chi connectivity index (χ2v) is 6.59. The van der Waals surface area contributed by atoms with Crippen molar-refractivity contribution in [1.29, 1.82) is 0 Å². The lowest BCUT2D eigenvalue weighted by molar-refractivity contribution is 0.0894. The van der Waals surface area contributed by atoms with E-state index < -0.39 is 5.91 Å². The van der Waals surface area contributed by atoms with Gasteiger partial charge in [-0.05, 0) is 48.9 Å². The monoisotopic (exact) mass is 394 g/mol. The summed E-state index contributed by atoms with van der Waals surface area (Å²) in [5.41, 5.74) is 1.52.